The van der Waals surface area contributed by atoms with E-state index >= 15 is 0 Å². The Balaban J connectivity index is 0.00000289. The van der Waals surface area contributed by atoms with Gasteiger partial charge in [-0.15, -0.1) is 0 Å². The molecule has 0 radical (unpaired) electrons. The number of hydrogen-bond donors (Lipinski definition) is 0. The molecule has 5 nitrogen and oxygen atoms in total. The van der Waals surface area contributed by atoms with E-state index in [2.05, 4.69) is 0 Å². The Hall–Kier alpha value is -2.40. The van der Waals surface area contributed by atoms with Crippen LogP contribution in [0.1, 0.15) is 22.3 Å². The summed E-state index contributed by atoms with van der Waals surface area (Å²) in [4.78, 5) is 24.6. The molecule has 156 valence electrons. The molecule has 7 heteroatoms. The molecule has 4 aromatic rings. The van der Waals surface area contributed by atoms with Gasteiger partial charge in [0.2, 0.25) is 0 Å². The predicted octanol–water partition coefficient (Wildman–Crippen LogP) is 2.59. The minimum atomic E-state index is -4.63. The molecule has 0 N–H and O–H groups in total. The summed E-state index contributed by atoms with van der Waals surface area (Å²) in [5.41, 5.74) is 1.59. The predicted molar refractivity (Wildman–Crippen MR) is 118 cm³/mol. The Bertz CT molecular complexity index is 1240. The second-order valence-electron chi connectivity index (χ2n) is 7.04. The number of Topliss-reactive ketones (excluding diaryl/α,β-unsaturated/α-hetero) is 1. The smallest absolute Gasteiger partial charge is 0.736 e. The van der Waals surface area contributed by atoms with Crippen LogP contribution in [0, 0.1) is 0 Å². The van der Waals surface area contributed by atoms with Crippen molar-refractivity contribution in [2.24, 2.45) is 0 Å². The molecular weight excluding hydrogens is 434 g/mol. The van der Waals surface area contributed by atoms with Gasteiger partial charge in [0.1, 0.15) is 11.5 Å². The van der Waals surface area contributed by atoms with Crippen molar-refractivity contribution in [2.75, 3.05) is 0 Å². The molecule has 0 spiro atoms. The van der Waals surface area contributed by atoms with Crippen molar-refractivity contribution in [1.29, 1.82) is 0 Å². The first-order chi connectivity index (χ1) is 15.0. The molecule has 0 heterocycles. The molecule has 0 amide bonds. The van der Waals surface area contributed by atoms with Crippen LogP contribution in [0.15, 0.2) is 97.1 Å². The van der Waals surface area contributed by atoms with Gasteiger partial charge in [-0.1, -0.05) is 78.9 Å². The van der Waals surface area contributed by atoms with E-state index in [0.29, 0.717) is 23.8 Å². The summed E-state index contributed by atoms with van der Waals surface area (Å²) in [6.07, 6.45) is 0.921. The number of phosphoric acid groups is 1. The number of fused-ring (bicyclic) bond motifs is 1. The van der Waals surface area contributed by atoms with E-state index in [4.69, 9.17) is 9.05 Å². The van der Waals surface area contributed by atoms with E-state index in [9.17, 15) is 14.3 Å². The average molecular weight is 454 g/mol. The molecule has 0 aliphatic heterocycles. The largest absolute Gasteiger partial charge is 1.00 e. The van der Waals surface area contributed by atoms with Gasteiger partial charge in [-0.25, -0.2) is 4.57 Å². The van der Waals surface area contributed by atoms with Crippen LogP contribution in [0.4, 0.5) is 0 Å². The van der Waals surface area contributed by atoms with Gasteiger partial charge in [-0.3, -0.25) is 4.79 Å². The van der Waals surface area contributed by atoms with Gasteiger partial charge in [0.05, 0.1) is 0 Å². The van der Waals surface area contributed by atoms with Crippen LogP contribution in [0.5, 0.6) is 11.5 Å². The molecule has 4 aromatic carbocycles. The molecule has 0 aliphatic carbocycles. The third kappa shape index (κ3) is 6.32. The summed E-state index contributed by atoms with van der Waals surface area (Å²) >= 11 is 0. The van der Waals surface area contributed by atoms with E-state index in [1.807, 2.05) is 42.5 Å². The quantitative estimate of drug-likeness (QED) is 0.232. The molecule has 0 bridgehead atoms. The zero-order valence-electron chi connectivity index (χ0n) is 17.6. The Morgan fingerprint density at radius 1 is 0.781 bits per heavy atom. The molecule has 1 unspecified atom stereocenters. The number of ketones is 1. The zero-order chi connectivity index (χ0) is 21.7. The van der Waals surface area contributed by atoms with Gasteiger partial charge in [-0.2, -0.15) is 0 Å². The maximum Gasteiger partial charge on any atom is 1.00 e. The van der Waals surface area contributed by atoms with Crippen LogP contribution in [0.25, 0.3) is 10.8 Å². The van der Waals surface area contributed by atoms with Crippen molar-refractivity contribution in [1.82, 2.24) is 0 Å². The van der Waals surface area contributed by atoms with Crippen LogP contribution in [-0.2, 0) is 11.0 Å². The van der Waals surface area contributed by atoms with Gasteiger partial charge < -0.3 is 13.9 Å². The number of hydrogen-bond acceptors (Lipinski definition) is 5. The van der Waals surface area contributed by atoms with Crippen molar-refractivity contribution in [2.45, 2.75) is 12.8 Å². The monoisotopic (exact) mass is 454 g/mol. The summed E-state index contributed by atoms with van der Waals surface area (Å²) < 4.78 is 22.7. The summed E-state index contributed by atoms with van der Waals surface area (Å²) in [5.74, 6) is 0.428. The zero-order valence-corrected chi connectivity index (χ0v) is 20.5. The number of benzene rings is 4. The van der Waals surface area contributed by atoms with Crippen molar-refractivity contribution >= 4 is 24.4 Å². The fourth-order valence-corrected chi connectivity index (χ4v) is 4.10. The Kier molecular flexibility index (Phi) is 8.30. The number of phosphoric ester groups is 1. The molecule has 0 saturated heterocycles. The van der Waals surface area contributed by atoms with Gasteiger partial charge in [0.15, 0.2) is 5.78 Å². The third-order valence-electron chi connectivity index (χ3n) is 4.84. The summed E-state index contributed by atoms with van der Waals surface area (Å²) in [5, 5.41) is 1.55. The van der Waals surface area contributed by atoms with Crippen molar-refractivity contribution in [3.05, 3.63) is 108 Å². The van der Waals surface area contributed by atoms with E-state index in [1.54, 1.807) is 54.6 Å². The molecular formula is C25H20NaO5P. The molecule has 0 fully saturated rings. The fourth-order valence-electron chi connectivity index (χ4n) is 3.29. The maximum atomic E-state index is 12.4. The van der Waals surface area contributed by atoms with E-state index < -0.39 is 7.82 Å². The normalized spacial score (nSPS) is 12.4. The topological polar surface area (TPSA) is 75.7 Å². The molecule has 0 aromatic heterocycles. The number of carbonyl (C=O) groups is 1. The maximum absolute atomic E-state index is 12.4. The van der Waals surface area contributed by atoms with E-state index in [0.717, 1.165) is 10.9 Å². The molecule has 32 heavy (non-hydrogen) atoms. The first-order valence-corrected chi connectivity index (χ1v) is 11.3. The van der Waals surface area contributed by atoms with Crippen molar-refractivity contribution in [3.63, 3.8) is 0 Å². The van der Waals surface area contributed by atoms with Crippen LogP contribution < -0.4 is 43.5 Å². The van der Waals surface area contributed by atoms with Gasteiger partial charge in [-0.05, 0) is 35.6 Å². The van der Waals surface area contributed by atoms with Gasteiger partial charge in [0.25, 0.3) is 0 Å². The summed E-state index contributed by atoms with van der Waals surface area (Å²) in [6, 6.07) is 28.2. The van der Waals surface area contributed by atoms with E-state index in [1.165, 1.54) is 0 Å². The van der Waals surface area contributed by atoms with Gasteiger partial charge >= 0.3 is 37.4 Å². The minimum absolute atomic E-state index is 0. The Labute approximate surface area is 208 Å². The Morgan fingerprint density at radius 3 is 2.19 bits per heavy atom. The van der Waals surface area contributed by atoms with Gasteiger partial charge in [0, 0.05) is 17.4 Å². The first-order valence-electron chi connectivity index (χ1n) is 9.85. The minimum Gasteiger partial charge on any atom is -0.736 e. The van der Waals surface area contributed by atoms with Crippen molar-refractivity contribution in [3.8, 4) is 11.5 Å². The van der Waals surface area contributed by atoms with Crippen molar-refractivity contribution < 1.29 is 52.9 Å². The standard InChI is InChI=1S/C25H21O5P.Na/c26-24(21-8-2-1-3-9-21)18-15-19-13-16-22(17-14-19)29-31(27,28)30-25-12-6-10-20-7-4-5-11-23(20)25;/h1-14,16-17H,15,18H2,(H,27,28);/q;+1/p-1. The number of carbonyl (C=O) groups excluding carboxylic acids is 1. The molecule has 0 aliphatic rings. The summed E-state index contributed by atoms with van der Waals surface area (Å²) in [7, 11) is -4.63. The number of rotatable bonds is 8. The average Bonchev–Trinajstić information content (AvgIpc) is 2.79. The van der Waals surface area contributed by atoms with Crippen LogP contribution in [-0.4, -0.2) is 5.78 Å². The van der Waals surface area contributed by atoms with Crippen LogP contribution >= 0.6 is 7.82 Å². The molecule has 4 rings (SSSR count). The van der Waals surface area contributed by atoms with Crippen LogP contribution in [0.2, 0.25) is 0 Å². The number of aryl methyl sites for hydroxylation is 1. The molecule has 0 saturated carbocycles. The first kappa shape index (κ1) is 24.2. The van der Waals surface area contributed by atoms with Crippen LogP contribution in [0.3, 0.4) is 0 Å². The van der Waals surface area contributed by atoms with E-state index in [-0.39, 0.29) is 46.8 Å². The second-order valence-corrected chi connectivity index (χ2v) is 8.30. The summed E-state index contributed by atoms with van der Waals surface area (Å²) in [6.45, 7) is 0. The SMILES string of the molecule is O=C(CCc1ccc(OP(=O)([O-])Oc2cccc3ccccc23)cc1)c1ccccc1.[Na+]. The second kappa shape index (κ2) is 11.0. The molecule has 1 atom stereocenters. The third-order valence-corrected chi connectivity index (χ3v) is 5.69. The fraction of sp³-hybridized carbons (Fsp3) is 0.0800. The Morgan fingerprint density at radius 2 is 1.44 bits per heavy atom.